The second kappa shape index (κ2) is 5.68. The first-order valence-corrected chi connectivity index (χ1v) is 5.16. The van der Waals surface area contributed by atoms with E-state index in [0.29, 0.717) is 0 Å². The van der Waals surface area contributed by atoms with E-state index in [-0.39, 0.29) is 13.0 Å². The van der Waals surface area contributed by atoms with Crippen LogP contribution in [0.5, 0.6) is 0 Å². The van der Waals surface area contributed by atoms with Crippen LogP contribution in [0.15, 0.2) is 0 Å². The number of rotatable bonds is 5. The van der Waals surface area contributed by atoms with Gasteiger partial charge in [-0.15, -0.1) is 0 Å². The molecule has 0 aromatic carbocycles. The highest BCUT2D eigenvalue weighted by atomic mass is 19.4. The molecule has 0 radical (unpaired) electrons. The highest BCUT2D eigenvalue weighted by Crippen LogP contribution is 2.23. The summed E-state index contributed by atoms with van der Waals surface area (Å²) in [5.74, 6) is -1.08. The van der Waals surface area contributed by atoms with Crippen LogP contribution in [0, 0.1) is 0 Å². The summed E-state index contributed by atoms with van der Waals surface area (Å²) >= 11 is 0. The van der Waals surface area contributed by atoms with Crippen molar-refractivity contribution in [3.05, 3.63) is 0 Å². The van der Waals surface area contributed by atoms with Crippen molar-refractivity contribution in [2.24, 2.45) is 0 Å². The number of hydrogen-bond acceptors (Lipinski definition) is 3. The molecule has 0 rings (SSSR count). The number of aliphatic hydroxyl groups is 1. The minimum Gasteiger partial charge on any atom is -0.481 e. The zero-order valence-electron chi connectivity index (χ0n) is 10.1. The normalized spacial score (nSPS) is 15.1. The molecule has 0 aliphatic heterocycles. The number of carboxylic acids is 1. The third-order valence-electron chi connectivity index (χ3n) is 2.32. The van der Waals surface area contributed by atoms with Crippen molar-refractivity contribution in [1.82, 2.24) is 4.90 Å². The summed E-state index contributed by atoms with van der Waals surface area (Å²) in [7, 11) is 0. The SMILES string of the molecule is CC(C)(C)N(CCC(=O)O)CC(O)C(F)(F)F. The summed E-state index contributed by atoms with van der Waals surface area (Å²) in [6, 6.07) is 0. The lowest BCUT2D eigenvalue weighted by atomic mass is 10.0. The first-order chi connectivity index (χ1) is 7.44. The fraction of sp³-hybridized carbons (Fsp3) is 0.900. The Balaban J connectivity index is 4.56. The minimum atomic E-state index is -4.69. The van der Waals surface area contributed by atoms with Crippen LogP contribution in [0.2, 0.25) is 0 Å². The predicted molar refractivity (Wildman–Crippen MR) is 55.6 cm³/mol. The molecule has 0 fully saturated rings. The molecule has 0 spiro atoms. The third-order valence-corrected chi connectivity index (χ3v) is 2.32. The number of halogens is 3. The number of carbonyl (C=O) groups is 1. The molecule has 17 heavy (non-hydrogen) atoms. The molecule has 102 valence electrons. The number of aliphatic hydroxyl groups excluding tert-OH is 1. The van der Waals surface area contributed by atoms with Crippen molar-refractivity contribution >= 4 is 5.97 Å². The van der Waals surface area contributed by atoms with E-state index in [1.54, 1.807) is 20.8 Å². The van der Waals surface area contributed by atoms with E-state index in [9.17, 15) is 18.0 Å². The van der Waals surface area contributed by atoms with Gasteiger partial charge in [-0.05, 0) is 20.8 Å². The van der Waals surface area contributed by atoms with Crippen LogP contribution in [0.1, 0.15) is 27.2 Å². The first-order valence-electron chi connectivity index (χ1n) is 5.16. The van der Waals surface area contributed by atoms with E-state index in [2.05, 4.69) is 0 Å². The second-order valence-corrected chi connectivity index (χ2v) is 4.82. The maximum absolute atomic E-state index is 12.2. The van der Waals surface area contributed by atoms with Crippen LogP contribution in [0.25, 0.3) is 0 Å². The van der Waals surface area contributed by atoms with Gasteiger partial charge in [-0.25, -0.2) is 0 Å². The van der Waals surface area contributed by atoms with Crippen molar-refractivity contribution in [3.63, 3.8) is 0 Å². The second-order valence-electron chi connectivity index (χ2n) is 4.82. The average Bonchev–Trinajstić information content (AvgIpc) is 2.07. The number of β-amino-alcohol motifs (C(OH)–C–C–N with tert-alkyl or cyclic N) is 1. The molecule has 0 amide bonds. The number of nitrogens with zero attached hydrogens (tertiary/aromatic N) is 1. The van der Waals surface area contributed by atoms with E-state index in [1.807, 2.05) is 0 Å². The highest BCUT2D eigenvalue weighted by molar-refractivity contribution is 5.66. The van der Waals surface area contributed by atoms with Crippen LogP contribution in [0.4, 0.5) is 13.2 Å². The van der Waals surface area contributed by atoms with Crippen molar-refractivity contribution in [2.75, 3.05) is 13.1 Å². The van der Waals surface area contributed by atoms with E-state index >= 15 is 0 Å². The van der Waals surface area contributed by atoms with Crippen LogP contribution < -0.4 is 0 Å². The molecule has 0 saturated heterocycles. The number of alkyl halides is 3. The van der Waals surface area contributed by atoms with Crippen LogP contribution in [-0.2, 0) is 4.79 Å². The summed E-state index contributed by atoms with van der Waals surface area (Å²) in [5, 5.41) is 17.5. The van der Waals surface area contributed by atoms with Crippen molar-refractivity contribution in [3.8, 4) is 0 Å². The van der Waals surface area contributed by atoms with Gasteiger partial charge in [0.2, 0.25) is 0 Å². The van der Waals surface area contributed by atoms with Crippen LogP contribution in [0.3, 0.4) is 0 Å². The smallest absolute Gasteiger partial charge is 0.415 e. The van der Waals surface area contributed by atoms with Gasteiger partial charge < -0.3 is 10.2 Å². The molecule has 0 aromatic heterocycles. The average molecular weight is 257 g/mol. The third kappa shape index (κ3) is 6.48. The monoisotopic (exact) mass is 257 g/mol. The Labute approximate surface area is 98.0 Å². The van der Waals surface area contributed by atoms with Gasteiger partial charge in [0.1, 0.15) is 0 Å². The summed E-state index contributed by atoms with van der Waals surface area (Å²) in [6.45, 7) is 4.33. The quantitative estimate of drug-likeness (QED) is 0.783. The summed E-state index contributed by atoms with van der Waals surface area (Å²) in [6.07, 6.45) is -7.41. The molecule has 1 atom stereocenters. The Morgan fingerprint density at radius 3 is 2.06 bits per heavy atom. The minimum absolute atomic E-state index is 0.0357. The van der Waals surface area contributed by atoms with Crippen molar-refractivity contribution in [1.29, 1.82) is 0 Å². The molecule has 4 nitrogen and oxygen atoms in total. The molecular weight excluding hydrogens is 239 g/mol. The number of aliphatic carboxylic acids is 1. The Hall–Kier alpha value is -0.820. The molecule has 0 heterocycles. The van der Waals surface area contributed by atoms with E-state index in [1.165, 1.54) is 4.90 Å². The molecule has 1 unspecified atom stereocenters. The highest BCUT2D eigenvalue weighted by Gasteiger charge is 2.40. The van der Waals surface area contributed by atoms with Gasteiger partial charge >= 0.3 is 12.1 Å². The van der Waals surface area contributed by atoms with E-state index in [0.717, 1.165) is 0 Å². The fourth-order valence-corrected chi connectivity index (χ4v) is 1.24. The summed E-state index contributed by atoms with van der Waals surface area (Å²) in [4.78, 5) is 11.7. The van der Waals surface area contributed by atoms with Gasteiger partial charge in [-0.1, -0.05) is 0 Å². The summed E-state index contributed by atoms with van der Waals surface area (Å²) < 4.78 is 36.6. The number of hydrogen-bond donors (Lipinski definition) is 2. The molecule has 0 aliphatic carbocycles. The van der Waals surface area contributed by atoms with Crippen LogP contribution >= 0.6 is 0 Å². The molecule has 2 N–H and O–H groups in total. The van der Waals surface area contributed by atoms with Gasteiger partial charge in [-0.3, -0.25) is 9.69 Å². The topological polar surface area (TPSA) is 60.8 Å². The van der Waals surface area contributed by atoms with Gasteiger partial charge in [0.15, 0.2) is 6.10 Å². The van der Waals surface area contributed by atoms with Crippen molar-refractivity contribution < 1.29 is 28.2 Å². The van der Waals surface area contributed by atoms with E-state index in [4.69, 9.17) is 10.2 Å². The molecule has 0 saturated carbocycles. The Morgan fingerprint density at radius 1 is 1.29 bits per heavy atom. The Morgan fingerprint density at radius 2 is 1.76 bits per heavy atom. The fourth-order valence-electron chi connectivity index (χ4n) is 1.24. The maximum Gasteiger partial charge on any atom is 0.415 e. The Bertz CT molecular complexity index is 261. The standard InChI is InChI=1S/C10H18F3NO3/c1-9(2,3)14(5-4-8(16)17)6-7(15)10(11,12)13/h7,15H,4-6H2,1-3H3,(H,16,17). The molecule has 0 aromatic rings. The molecule has 0 bridgehead atoms. The van der Waals surface area contributed by atoms with Crippen molar-refractivity contribution in [2.45, 2.75) is 45.0 Å². The predicted octanol–water partition coefficient (Wildman–Crippen LogP) is 1.48. The lowest BCUT2D eigenvalue weighted by Gasteiger charge is -2.36. The molecule has 0 aliphatic rings. The lowest BCUT2D eigenvalue weighted by Crippen LogP contribution is -2.49. The molecular formula is C10H18F3NO3. The summed E-state index contributed by atoms with van der Waals surface area (Å²) in [5.41, 5.74) is -0.637. The zero-order chi connectivity index (χ0) is 13.9. The van der Waals surface area contributed by atoms with Crippen LogP contribution in [-0.4, -0.2) is 52.0 Å². The largest absolute Gasteiger partial charge is 0.481 e. The Kier molecular flexibility index (Phi) is 5.41. The van der Waals surface area contributed by atoms with Gasteiger partial charge in [0.25, 0.3) is 0 Å². The van der Waals surface area contributed by atoms with Gasteiger partial charge in [0.05, 0.1) is 6.42 Å². The van der Waals surface area contributed by atoms with Gasteiger partial charge in [-0.2, -0.15) is 13.2 Å². The van der Waals surface area contributed by atoms with E-state index < -0.39 is 30.3 Å². The first kappa shape index (κ1) is 16.2. The zero-order valence-corrected chi connectivity index (χ0v) is 10.1. The maximum atomic E-state index is 12.2. The molecule has 7 heteroatoms. The number of carboxylic acid groups (broad SMARTS) is 1. The van der Waals surface area contributed by atoms with Gasteiger partial charge in [0, 0.05) is 18.6 Å². The lowest BCUT2D eigenvalue weighted by molar-refractivity contribution is -0.210.